The third kappa shape index (κ3) is 3.52. The summed E-state index contributed by atoms with van der Waals surface area (Å²) in [6, 6.07) is 13.2. The highest BCUT2D eigenvalue weighted by molar-refractivity contribution is 9.10. The summed E-state index contributed by atoms with van der Waals surface area (Å²) in [7, 11) is 0. The Bertz CT molecular complexity index is 1090. The van der Waals surface area contributed by atoms with Gasteiger partial charge in [-0.3, -0.25) is 20.0 Å². The number of benzene rings is 1. The normalized spacial score (nSPS) is 10.7. The largest absolute Gasteiger partial charge is 0.304 e. The molecule has 0 aliphatic rings. The fraction of sp³-hybridized carbons (Fsp3) is 0.0526. The molecule has 134 valence electrons. The summed E-state index contributed by atoms with van der Waals surface area (Å²) >= 11 is 3.40. The molecule has 4 rings (SSSR count). The lowest BCUT2D eigenvalue weighted by Gasteiger charge is -2.02. The average Bonchev–Trinajstić information content (AvgIpc) is 3.31. The van der Waals surface area contributed by atoms with Crippen LogP contribution in [0.15, 0.2) is 59.3 Å². The van der Waals surface area contributed by atoms with Crippen LogP contribution in [0.1, 0.15) is 16.1 Å². The summed E-state index contributed by atoms with van der Waals surface area (Å²) in [4.78, 5) is 16.6. The number of nitrogens with one attached hydrogen (secondary N) is 3. The Kier molecular flexibility index (Phi) is 4.55. The van der Waals surface area contributed by atoms with Crippen molar-refractivity contribution in [1.29, 1.82) is 0 Å². The molecular weight excluding hydrogens is 408 g/mol. The molecule has 8 heteroatoms. The van der Waals surface area contributed by atoms with Crippen molar-refractivity contribution in [2.75, 3.05) is 5.32 Å². The van der Waals surface area contributed by atoms with Crippen molar-refractivity contribution >= 4 is 27.7 Å². The van der Waals surface area contributed by atoms with E-state index in [-0.39, 0.29) is 5.91 Å². The second-order valence-electron chi connectivity index (χ2n) is 5.94. The average molecular weight is 423 g/mol. The monoisotopic (exact) mass is 422 g/mol. The molecule has 1 aromatic carbocycles. The van der Waals surface area contributed by atoms with E-state index in [2.05, 4.69) is 46.6 Å². The minimum Gasteiger partial charge on any atom is -0.304 e. The molecule has 0 aliphatic carbocycles. The standard InChI is InChI=1S/C19H15BrN6O/c1-11-17(13-6-8-21-9-7-13)25-26-18(11)22-19(27)16-10-15(23-24-16)12-2-4-14(20)5-3-12/h2-10H,1H3,(H,23,24)(H2,22,25,26,27). The molecule has 3 heterocycles. The van der Waals surface area contributed by atoms with Gasteiger partial charge in [-0.25, -0.2) is 0 Å². The van der Waals surface area contributed by atoms with Crippen LogP contribution in [0.25, 0.3) is 22.5 Å². The number of aromatic amines is 2. The van der Waals surface area contributed by atoms with Gasteiger partial charge in [-0.1, -0.05) is 28.1 Å². The molecule has 0 spiro atoms. The van der Waals surface area contributed by atoms with E-state index in [1.165, 1.54) is 0 Å². The quantitative estimate of drug-likeness (QED) is 0.459. The van der Waals surface area contributed by atoms with Crippen LogP contribution in [0.4, 0.5) is 5.82 Å². The molecule has 0 saturated carbocycles. The fourth-order valence-electron chi connectivity index (χ4n) is 2.70. The van der Waals surface area contributed by atoms with Crippen molar-refractivity contribution in [2.45, 2.75) is 6.92 Å². The Balaban J connectivity index is 1.53. The minimum absolute atomic E-state index is 0.304. The second kappa shape index (κ2) is 7.16. The van der Waals surface area contributed by atoms with E-state index in [9.17, 15) is 4.79 Å². The number of nitrogens with zero attached hydrogens (tertiary/aromatic N) is 3. The Morgan fingerprint density at radius 3 is 2.48 bits per heavy atom. The summed E-state index contributed by atoms with van der Waals surface area (Å²) in [6.07, 6.45) is 3.42. The second-order valence-corrected chi connectivity index (χ2v) is 6.85. The zero-order chi connectivity index (χ0) is 18.8. The van der Waals surface area contributed by atoms with Crippen LogP contribution >= 0.6 is 15.9 Å². The Morgan fingerprint density at radius 2 is 1.74 bits per heavy atom. The van der Waals surface area contributed by atoms with Gasteiger partial charge in [-0.2, -0.15) is 10.2 Å². The van der Waals surface area contributed by atoms with Crippen LogP contribution in [0.2, 0.25) is 0 Å². The first-order valence-corrected chi connectivity index (χ1v) is 8.99. The number of rotatable bonds is 4. The number of H-pyrrole nitrogens is 2. The van der Waals surface area contributed by atoms with Crippen LogP contribution in [0, 0.1) is 6.92 Å². The minimum atomic E-state index is -0.304. The van der Waals surface area contributed by atoms with E-state index in [1.54, 1.807) is 18.5 Å². The molecule has 0 fully saturated rings. The first kappa shape index (κ1) is 17.2. The SMILES string of the molecule is Cc1c(NC(=O)c2cc(-c3ccc(Br)cc3)n[nH]2)n[nH]c1-c1ccncc1. The van der Waals surface area contributed by atoms with Gasteiger partial charge in [-0.15, -0.1) is 0 Å². The zero-order valence-corrected chi connectivity index (χ0v) is 15.9. The maximum atomic E-state index is 12.6. The molecule has 0 saturated heterocycles. The number of hydrogen-bond donors (Lipinski definition) is 3. The first-order valence-electron chi connectivity index (χ1n) is 8.20. The molecule has 0 radical (unpaired) electrons. The van der Waals surface area contributed by atoms with Gasteiger partial charge in [-0.05, 0) is 37.3 Å². The van der Waals surface area contributed by atoms with Gasteiger partial charge in [0.1, 0.15) is 5.69 Å². The van der Waals surface area contributed by atoms with E-state index in [4.69, 9.17) is 0 Å². The number of carbonyl (C=O) groups is 1. The van der Waals surface area contributed by atoms with E-state index >= 15 is 0 Å². The highest BCUT2D eigenvalue weighted by atomic mass is 79.9. The predicted molar refractivity (Wildman–Crippen MR) is 106 cm³/mol. The highest BCUT2D eigenvalue weighted by Gasteiger charge is 2.16. The number of pyridine rings is 1. The zero-order valence-electron chi connectivity index (χ0n) is 14.3. The topological polar surface area (TPSA) is 99.4 Å². The van der Waals surface area contributed by atoms with Gasteiger partial charge >= 0.3 is 0 Å². The molecule has 4 aromatic rings. The third-order valence-electron chi connectivity index (χ3n) is 4.17. The molecule has 3 aromatic heterocycles. The van der Waals surface area contributed by atoms with Crippen molar-refractivity contribution in [3.63, 3.8) is 0 Å². The summed E-state index contributed by atoms with van der Waals surface area (Å²) in [5, 5.41) is 17.0. The maximum absolute atomic E-state index is 12.6. The Hall–Kier alpha value is -3.26. The summed E-state index contributed by atoms with van der Waals surface area (Å²) in [6.45, 7) is 1.90. The van der Waals surface area contributed by atoms with Gasteiger partial charge in [0.25, 0.3) is 5.91 Å². The van der Waals surface area contributed by atoms with Crippen LogP contribution < -0.4 is 5.32 Å². The number of anilines is 1. The highest BCUT2D eigenvalue weighted by Crippen LogP contribution is 2.26. The molecule has 0 aliphatic heterocycles. The molecule has 0 unspecified atom stereocenters. The molecule has 0 atom stereocenters. The van der Waals surface area contributed by atoms with Crippen LogP contribution in [-0.2, 0) is 0 Å². The number of aromatic nitrogens is 5. The van der Waals surface area contributed by atoms with Gasteiger partial charge in [0.2, 0.25) is 0 Å². The lowest BCUT2D eigenvalue weighted by Crippen LogP contribution is -2.13. The van der Waals surface area contributed by atoms with Crippen molar-refractivity contribution in [3.05, 3.63) is 70.6 Å². The van der Waals surface area contributed by atoms with E-state index in [1.807, 2.05) is 43.3 Å². The van der Waals surface area contributed by atoms with Gasteiger partial charge < -0.3 is 5.32 Å². The van der Waals surface area contributed by atoms with Crippen molar-refractivity contribution in [3.8, 4) is 22.5 Å². The van der Waals surface area contributed by atoms with Gasteiger partial charge in [0, 0.05) is 33.6 Å². The maximum Gasteiger partial charge on any atom is 0.274 e. The Morgan fingerprint density at radius 1 is 1.00 bits per heavy atom. The smallest absolute Gasteiger partial charge is 0.274 e. The molecule has 0 bridgehead atoms. The molecule has 27 heavy (non-hydrogen) atoms. The Labute approximate surface area is 163 Å². The number of halogens is 1. The summed E-state index contributed by atoms with van der Waals surface area (Å²) < 4.78 is 0.985. The molecule has 7 nitrogen and oxygen atoms in total. The third-order valence-corrected chi connectivity index (χ3v) is 4.70. The summed E-state index contributed by atoms with van der Waals surface area (Å²) in [5.74, 6) is 0.174. The molecule has 1 amide bonds. The van der Waals surface area contributed by atoms with Crippen LogP contribution in [0.5, 0.6) is 0 Å². The van der Waals surface area contributed by atoms with E-state index < -0.39 is 0 Å². The lowest BCUT2D eigenvalue weighted by molar-refractivity contribution is 0.102. The van der Waals surface area contributed by atoms with Crippen LogP contribution in [-0.4, -0.2) is 31.3 Å². The van der Waals surface area contributed by atoms with Crippen molar-refractivity contribution in [1.82, 2.24) is 25.4 Å². The summed E-state index contributed by atoms with van der Waals surface area (Å²) in [5.41, 5.74) is 4.62. The first-order chi connectivity index (χ1) is 13.1. The van der Waals surface area contributed by atoms with Crippen LogP contribution in [0.3, 0.4) is 0 Å². The number of amides is 1. The van der Waals surface area contributed by atoms with Crippen molar-refractivity contribution in [2.24, 2.45) is 0 Å². The van der Waals surface area contributed by atoms with E-state index in [0.29, 0.717) is 17.2 Å². The van der Waals surface area contributed by atoms with Crippen molar-refractivity contribution < 1.29 is 4.79 Å². The fourth-order valence-corrected chi connectivity index (χ4v) is 2.97. The predicted octanol–water partition coefficient (Wildman–Crippen LogP) is 4.19. The van der Waals surface area contributed by atoms with Gasteiger partial charge in [0.05, 0.1) is 11.4 Å². The molecular formula is C19H15BrN6O. The lowest BCUT2D eigenvalue weighted by atomic mass is 10.1. The number of carbonyl (C=O) groups excluding carboxylic acids is 1. The van der Waals surface area contributed by atoms with E-state index in [0.717, 1.165) is 26.9 Å². The number of hydrogen-bond acceptors (Lipinski definition) is 4. The molecule has 3 N–H and O–H groups in total. The van der Waals surface area contributed by atoms with Gasteiger partial charge in [0.15, 0.2) is 5.82 Å².